The first-order valence-corrected chi connectivity index (χ1v) is 11.9. The second kappa shape index (κ2) is 7.40. The van der Waals surface area contributed by atoms with Crippen LogP contribution >= 0.6 is 0 Å². The summed E-state index contributed by atoms with van der Waals surface area (Å²) >= 11 is 0. The van der Waals surface area contributed by atoms with E-state index in [1.54, 1.807) is 6.33 Å². The number of carbonyl (C=O) groups is 1. The van der Waals surface area contributed by atoms with Gasteiger partial charge in [0, 0.05) is 44.5 Å². The normalized spacial score (nSPS) is 31.6. The highest BCUT2D eigenvalue weighted by atomic mass is 16.1. The molecule has 7 nitrogen and oxygen atoms in total. The van der Waals surface area contributed by atoms with Gasteiger partial charge < -0.3 is 9.88 Å². The van der Waals surface area contributed by atoms with Crippen molar-refractivity contribution in [2.24, 2.45) is 30.2 Å². The number of amides is 1. The second-order valence-electron chi connectivity index (χ2n) is 10.7. The molecule has 7 rings (SSSR count). The molecule has 1 N–H and O–H groups in total. The van der Waals surface area contributed by atoms with Crippen LogP contribution in [0.4, 0.5) is 5.82 Å². The van der Waals surface area contributed by atoms with Crippen molar-refractivity contribution in [2.75, 3.05) is 11.9 Å². The van der Waals surface area contributed by atoms with Crippen LogP contribution in [0.1, 0.15) is 62.0 Å². The summed E-state index contributed by atoms with van der Waals surface area (Å²) in [5, 5.41) is 3.19. The molecular formula is C24H32N6O. The van der Waals surface area contributed by atoms with E-state index in [1.165, 1.54) is 38.5 Å². The van der Waals surface area contributed by atoms with E-state index in [0.717, 1.165) is 66.7 Å². The van der Waals surface area contributed by atoms with E-state index in [9.17, 15) is 4.79 Å². The number of aromatic nitrogens is 4. The molecule has 1 amide bonds. The molecule has 164 valence electrons. The maximum absolute atomic E-state index is 13.1. The van der Waals surface area contributed by atoms with E-state index >= 15 is 0 Å². The Morgan fingerprint density at radius 1 is 1.13 bits per heavy atom. The van der Waals surface area contributed by atoms with Crippen molar-refractivity contribution >= 4 is 11.7 Å². The summed E-state index contributed by atoms with van der Waals surface area (Å²) in [6.07, 6.45) is 15.0. The lowest BCUT2D eigenvalue weighted by atomic mass is 9.49. The first-order valence-electron chi connectivity index (χ1n) is 11.9. The Balaban J connectivity index is 1.13. The van der Waals surface area contributed by atoms with E-state index in [2.05, 4.69) is 29.7 Å². The van der Waals surface area contributed by atoms with Crippen molar-refractivity contribution in [3.63, 3.8) is 0 Å². The minimum atomic E-state index is 0.151. The Kier molecular flexibility index (Phi) is 4.63. The minimum absolute atomic E-state index is 0.151. The average Bonchev–Trinajstić information content (AvgIpc) is 3.11. The van der Waals surface area contributed by atoms with Crippen LogP contribution in [0, 0.1) is 23.2 Å². The average molecular weight is 421 g/mol. The minimum Gasteiger partial charge on any atom is -0.337 e. The van der Waals surface area contributed by atoms with Gasteiger partial charge in [0.25, 0.3) is 0 Å². The van der Waals surface area contributed by atoms with Crippen molar-refractivity contribution in [3.05, 3.63) is 35.8 Å². The van der Waals surface area contributed by atoms with Crippen LogP contribution in [0.3, 0.4) is 0 Å². The topological polar surface area (TPSA) is 75.9 Å². The highest BCUT2D eigenvalue weighted by Gasteiger charge is 2.51. The van der Waals surface area contributed by atoms with Gasteiger partial charge in [-0.15, -0.1) is 0 Å². The molecule has 0 radical (unpaired) electrons. The number of rotatable bonds is 5. The molecule has 1 aliphatic heterocycles. The highest BCUT2D eigenvalue weighted by Crippen LogP contribution is 2.61. The van der Waals surface area contributed by atoms with Gasteiger partial charge in [0.1, 0.15) is 18.0 Å². The number of hydrogen-bond acceptors (Lipinski definition) is 5. The van der Waals surface area contributed by atoms with E-state index in [1.807, 2.05) is 19.4 Å². The third-order valence-corrected chi connectivity index (χ3v) is 8.33. The van der Waals surface area contributed by atoms with Gasteiger partial charge in [-0.2, -0.15) is 0 Å². The second-order valence-corrected chi connectivity index (χ2v) is 10.7. The monoisotopic (exact) mass is 420 g/mol. The van der Waals surface area contributed by atoms with Gasteiger partial charge in [-0.1, -0.05) is 0 Å². The lowest BCUT2D eigenvalue weighted by molar-refractivity contribution is -0.124. The van der Waals surface area contributed by atoms with Crippen molar-refractivity contribution in [1.29, 1.82) is 0 Å². The summed E-state index contributed by atoms with van der Waals surface area (Å²) in [6.45, 7) is 2.49. The molecule has 0 unspecified atom stereocenters. The van der Waals surface area contributed by atoms with Crippen LogP contribution in [0.5, 0.6) is 0 Å². The molecule has 2 aromatic rings. The molecule has 0 atom stereocenters. The zero-order valence-electron chi connectivity index (χ0n) is 18.4. The van der Waals surface area contributed by atoms with Gasteiger partial charge in [0.2, 0.25) is 5.91 Å². The maximum atomic E-state index is 13.1. The van der Waals surface area contributed by atoms with E-state index < -0.39 is 0 Å². The number of imidazole rings is 1. The molecule has 4 saturated carbocycles. The van der Waals surface area contributed by atoms with Crippen LogP contribution in [0.15, 0.2) is 18.7 Å². The largest absolute Gasteiger partial charge is 0.337 e. The fourth-order valence-corrected chi connectivity index (χ4v) is 7.42. The third kappa shape index (κ3) is 3.67. The van der Waals surface area contributed by atoms with Crippen molar-refractivity contribution in [1.82, 2.24) is 24.4 Å². The van der Waals surface area contributed by atoms with Crippen molar-refractivity contribution in [3.8, 4) is 0 Å². The number of hydrogen-bond donors (Lipinski definition) is 1. The number of carbonyl (C=O) groups excluding carboxylic acids is 1. The predicted molar refractivity (Wildman–Crippen MR) is 117 cm³/mol. The maximum Gasteiger partial charge on any atom is 0.226 e. The number of nitrogens with one attached hydrogen (secondary N) is 1. The zero-order chi connectivity index (χ0) is 21.0. The molecule has 0 aromatic carbocycles. The van der Waals surface area contributed by atoms with Crippen LogP contribution in [0.25, 0.3) is 0 Å². The molecule has 4 aliphatic carbocycles. The van der Waals surface area contributed by atoms with Gasteiger partial charge >= 0.3 is 0 Å². The molecule has 2 aromatic heterocycles. The summed E-state index contributed by atoms with van der Waals surface area (Å²) in [4.78, 5) is 28.9. The quantitative estimate of drug-likeness (QED) is 0.803. The van der Waals surface area contributed by atoms with Gasteiger partial charge in [-0.05, 0) is 68.1 Å². The first-order chi connectivity index (χ1) is 15.1. The lowest BCUT2D eigenvalue weighted by Crippen LogP contribution is -2.47. The van der Waals surface area contributed by atoms with Crippen LogP contribution in [0.2, 0.25) is 0 Å². The number of aryl methyl sites for hydroxylation is 1. The van der Waals surface area contributed by atoms with E-state index in [-0.39, 0.29) is 11.3 Å². The first kappa shape index (κ1) is 19.4. The highest BCUT2D eigenvalue weighted by molar-refractivity contribution is 5.91. The smallest absolute Gasteiger partial charge is 0.226 e. The fourth-order valence-electron chi connectivity index (χ4n) is 7.42. The summed E-state index contributed by atoms with van der Waals surface area (Å²) in [5.74, 6) is 4.55. The molecular weight excluding hydrogens is 388 g/mol. The van der Waals surface area contributed by atoms with Gasteiger partial charge in [-0.3, -0.25) is 9.69 Å². The number of nitrogens with zero attached hydrogens (tertiary/aromatic N) is 5. The molecule has 4 fully saturated rings. The molecule has 0 saturated heterocycles. The number of anilines is 1. The fraction of sp³-hybridized carbons (Fsp3) is 0.667. The summed E-state index contributed by atoms with van der Waals surface area (Å²) in [6, 6.07) is 0. The predicted octanol–water partition coefficient (Wildman–Crippen LogP) is 3.31. The third-order valence-electron chi connectivity index (χ3n) is 8.33. The Bertz CT molecular complexity index is 962. The number of fused-ring (bicyclic) bond motifs is 1. The molecule has 7 heteroatoms. The molecule has 5 aliphatic rings. The van der Waals surface area contributed by atoms with Crippen molar-refractivity contribution in [2.45, 2.75) is 64.5 Å². The molecule has 0 spiro atoms. The van der Waals surface area contributed by atoms with Crippen LogP contribution in [-0.2, 0) is 31.4 Å². The van der Waals surface area contributed by atoms with Crippen molar-refractivity contribution < 1.29 is 4.79 Å². The standard InChI is InChI=1S/C24H32N6O/c1-29-5-3-25-21(29)14-30-4-2-19-20(13-30)26-15-27-23(19)28-22(31)12-24-9-16-6-17(10-24)8-18(7-16)11-24/h3,5,15-18H,2,4,6-14H2,1H3,(H,26,27,28,31). The van der Waals surface area contributed by atoms with E-state index in [0.29, 0.717) is 6.42 Å². The van der Waals surface area contributed by atoms with Crippen LogP contribution in [-0.4, -0.2) is 36.9 Å². The van der Waals surface area contributed by atoms with Gasteiger partial charge in [0.15, 0.2) is 0 Å². The SMILES string of the molecule is Cn1ccnc1CN1CCc2c(ncnc2NC(=O)CC23CC4CC(CC(C4)C2)C3)C1. The molecule has 4 bridgehead atoms. The Morgan fingerprint density at radius 3 is 2.55 bits per heavy atom. The van der Waals surface area contributed by atoms with Gasteiger partial charge in [0.05, 0.1) is 12.2 Å². The zero-order valence-corrected chi connectivity index (χ0v) is 18.4. The Morgan fingerprint density at radius 2 is 1.87 bits per heavy atom. The summed E-state index contributed by atoms with van der Waals surface area (Å²) in [5.41, 5.74) is 2.39. The van der Waals surface area contributed by atoms with Crippen LogP contribution < -0.4 is 5.32 Å². The summed E-state index contributed by atoms with van der Waals surface area (Å²) in [7, 11) is 2.03. The summed E-state index contributed by atoms with van der Waals surface area (Å²) < 4.78 is 2.06. The Labute approximate surface area is 183 Å². The lowest BCUT2D eigenvalue weighted by Gasteiger charge is -2.56. The Hall–Kier alpha value is -2.28. The van der Waals surface area contributed by atoms with Gasteiger partial charge in [-0.25, -0.2) is 15.0 Å². The molecule has 31 heavy (non-hydrogen) atoms. The van der Waals surface area contributed by atoms with E-state index in [4.69, 9.17) is 0 Å². The molecule has 3 heterocycles.